The summed E-state index contributed by atoms with van der Waals surface area (Å²) in [5.74, 6) is 0.316. The third kappa shape index (κ3) is 4.96. The van der Waals surface area contributed by atoms with Gasteiger partial charge in [-0.15, -0.1) is 10.2 Å². The zero-order chi connectivity index (χ0) is 24.4. The maximum Gasteiger partial charge on any atom is 0.261 e. The lowest BCUT2D eigenvalue weighted by atomic mass is 10.2. The van der Waals surface area contributed by atoms with E-state index in [9.17, 15) is 14.0 Å². The molecular weight excluding hydrogens is 471 g/mol. The number of hydrogen-bond donors (Lipinski definition) is 1. The van der Waals surface area contributed by atoms with E-state index in [4.69, 9.17) is 10.5 Å². The summed E-state index contributed by atoms with van der Waals surface area (Å²) < 4.78 is 22.6. The summed E-state index contributed by atoms with van der Waals surface area (Å²) in [5.41, 5.74) is 6.36. The molecule has 9 nitrogen and oxygen atoms in total. The lowest BCUT2D eigenvalue weighted by molar-refractivity contribution is -0.118. The molecule has 0 saturated carbocycles. The number of primary amides is 1. The number of carbonyl (C=O) groups is 1. The Kier molecular flexibility index (Phi) is 6.60. The van der Waals surface area contributed by atoms with Gasteiger partial charge in [0.15, 0.2) is 11.0 Å². The lowest BCUT2D eigenvalue weighted by Gasteiger charge is -2.15. The van der Waals surface area contributed by atoms with E-state index in [1.54, 1.807) is 36.4 Å². The summed E-state index contributed by atoms with van der Waals surface area (Å²) in [5, 5.41) is 9.75. The van der Waals surface area contributed by atoms with E-state index in [1.165, 1.54) is 28.5 Å². The van der Waals surface area contributed by atoms with Gasteiger partial charge in [-0.3, -0.25) is 18.7 Å². The summed E-state index contributed by atoms with van der Waals surface area (Å²) in [7, 11) is 0. The zero-order valence-electron chi connectivity index (χ0n) is 18.8. The molecule has 2 aromatic carbocycles. The van der Waals surface area contributed by atoms with Crippen LogP contribution in [0.3, 0.4) is 0 Å². The van der Waals surface area contributed by atoms with Crippen molar-refractivity contribution < 1.29 is 13.9 Å². The normalized spacial score (nSPS) is 15.6. The first kappa shape index (κ1) is 23.2. The number of halogens is 1. The third-order valence-corrected chi connectivity index (χ3v) is 6.78. The molecule has 0 radical (unpaired) electrons. The van der Waals surface area contributed by atoms with E-state index in [1.807, 2.05) is 4.57 Å². The van der Waals surface area contributed by atoms with Gasteiger partial charge in [0.25, 0.3) is 5.56 Å². The standard InChI is InChI=1S/C24H23FN6O3S/c25-16-9-7-15(8-10-16)22-28-29-24(31(22)12-17-4-3-11-34-17)35-14-21-27-19-6-2-1-5-18(19)23(33)30(21)13-20(26)32/h1-2,5-10,17H,3-4,11-14H2,(H2,26,32)/t17-/m0/s1. The summed E-state index contributed by atoms with van der Waals surface area (Å²) in [4.78, 5) is 29.3. The van der Waals surface area contributed by atoms with Crippen molar-refractivity contribution >= 4 is 28.6 Å². The smallest absolute Gasteiger partial charge is 0.261 e. The SMILES string of the molecule is NC(=O)Cn1c(CSc2nnc(-c3ccc(F)cc3)n2C[C@@H]2CCCO2)nc2ccccc2c1=O. The van der Waals surface area contributed by atoms with Crippen LogP contribution in [0.5, 0.6) is 0 Å². The maximum absolute atomic E-state index is 13.5. The molecule has 1 aliphatic rings. The number of rotatable bonds is 8. The zero-order valence-corrected chi connectivity index (χ0v) is 19.6. The van der Waals surface area contributed by atoms with Crippen LogP contribution in [0.1, 0.15) is 18.7 Å². The van der Waals surface area contributed by atoms with Crippen molar-refractivity contribution in [2.75, 3.05) is 6.61 Å². The predicted molar refractivity (Wildman–Crippen MR) is 129 cm³/mol. The topological polar surface area (TPSA) is 118 Å². The molecule has 1 atom stereocenters. The molecule has 3 heterocycles. The van der Waals surface area contributed by atoms with Crippen molar-refractivity contribution in [2.45, 2.75) is 42.9 Å². The number of fused-ring (bicyclic) bond motifs is 1. The number of benzene rings is 2. The van der Waals surface area contributed by atoms with Crippen molar-refractivity contribution in [2.24, 2.45) is 5.73 Å². The number of para-hydroxylation sites is 1. The van der Waals surface area contributed by atoms with Crippen LogP contribution in [0.25, 0.3) is 22.3 Å². The highest BCUT2D eigenvalue weighted by atomic mass is 32.2. The molecule has 2 N–H and O–H groups in total. The summed E-state index contributed by atoms with van der Waals surface area (Å²) in [6.07, 6.45) is 1.94. The van der Waals surface area contributed by atoms with Crippen molar-refractivity contribution in [3.8, 4) is 11.4 Å². The molecule has 0 unspecified atom stereocenters. The first-order chi connectivity index (χ1) is 17.0. The summed E-state index contributed by atoms with van der Waals surface area (Å²) in [6.45, 7) is 0.985. The molecule has 11 heteroatoms. The Morgan fingerprint density at radius 3 is 2.69 bits per heavy atom. The van der Waals surface area contributed by atoms with Gasteiger partial charge in [-0.1, -0.05) is 23.9 Å². The van der Waals surface area contributed by atoms with Gasteiger partial charge in [0.1, 0.15) is 18.2 Å². The van der Waals surface area contributed by atoms with Gasteiger partial charge in [-0.25, -0.2) is 9.37 Å². The first-order valence-corrected chi connectivity index (χ1v) is 12.2. The number of carbonyl (C=O) groups excluding carboxylic acids is 1. The van der Waals surface area contributed by atoms with Crippen LogP contribution in [0.15, 0.2) is 58.5 Å². The average Bonchev–Trinajstić information content (AvgIpc) is 3.51. The summed E-state index contributed by atoms with van der Waals surface area (Å²) in [6, 6.07) is 13.1. The molecule has 4 aromatic rings. The fraction of sp³-hybridized carbons (Fsp3) is 0.292. The Balaban J connectivity index is 1.50. The highest BCUT2D eigenvalue weighted by Gasteiger charge is 2.23. The van der Waals surface area contributed by atoms with Gasteiger partial charge < -0.3 is 10.5 Å². The molecule has 1 amide bonds. The third-order valence-electron chi connectivity index (χ3n) is 5.81. The van der Waals surface area contributed by atoms with E-state index in [0.29, 0.717) is 40.9 Å². The fourth-order valence-electron chi connectivity index (χ4n) is 4.14. The molecular formula is C24H23FN6O3S. The van der Waals surface area contributed by atoms with Crippen LogP contribution in [-0.2, 0) is 28.4 Å². The number of thioether (sulfide) groups is 1. The largest absolute Gasteiger partial charge is 0.376 e. The van der Waals surface area contributed by atoms with Crippen LogP contribution in [0, 0.1) is 5.82 Å². The van der Waals surface area contributed by atoms with Crippen LogP contribution < -0.4 is 11.3 Å². The molecule has 0 bridgehead atoms. The number of ether oxygens (including phenoxy) is 1. The Labute approximate surface area is 204 Å². The second-order valence-corrected chi connectivity index (χ2v) is 9.19. The van der Waals surface area contributed by atoms with Gasteiger partial charge in [0.2, 0.25) is 5.91 Å². The molecule has 180 valence electrons. The van der Waals surface area contributed by atoms with Crippen molar-refractivity contribution in [3.63, 3.8) is 0 Å². The van der Waals surface area contributed by atoms with E-state index < -0.39 is 5.91 Å². The Hall–Kier alpha value is -3.57. The van der Waals surface area contributed by atoms with E-state index in [-0.39, 0.29) is 29.8 Å². The van der Waals surface area contributed by atoms with Gasteiger partial charge in [0, 0.05) is 12.2 Å². The molecule has 35 heavy (non-hydrogen) atoms. The van der Waals surface area contributed by atoms with Gasteiger partial charge in [-0.2, -0.15) is 0 Å². The van der Waals surface area contributed by atoms with Crippen molar-refractivity contribution in [1.82, 2.24) is 24.3 Å². The molecule has 1 fully saturated rings. The first-order valence-electron chi connectivity index (χ1n) is 11.2. The molecule has 1 aliphatic heterocycles. The van der Waals surface area contributed by atoms with E-state index >= 15 is 0 Å². The highest BCUT2D eigenvalue weighted by molar-refractivity contribution is 7.98. The average molecular weight is 495 g/mol. The Morgan fingerprint density at radius 1 is 1.14 bits per heavy atom. The number of amides is 1. The van der Waals surface area contributed by atoms with E-state index in [0.717, 1.165) is 18.4 Å². The minimum absolute atomic E-state index is 0.0244. The molecule has 0 aliphatic carbocycles. The van der Waals surface area contributed by atoms with Gasteiger partial charge in [0.05, 0.1) is 29.3 Å². The molecule has 5 rings (SSSR count). The van der Waals surface area contributed by atoms with Crippen molar-refractivity contribution in [1.29, 1.82) is 0 Å². The Morgan fingerprint density at radius 2 is 1.94 bits per heavy atom. The predicted octanol–water partition coefficient (Wildman–Crippen LogP) is 2.75. The number of hydrogen-bond acceptors (Lipinski definition) is 7. The quantitative estimate of drug-likeness (QED) is 0.374. The van der Waals surface area contributed by atoms with Gasteiger partial charge in [-0.05, 0) is 49.2 Å². The lowest BCUT2D eigenvalue weighted by Crippen LogP contribution is -2.31. The van der Waals surface area contributed by atoms with E-state index in [2.05, 4.69) is 15.2 Å². The minimum Gasteiger partial charge on any atom is -0.376 e. The molecule has 0 spiro atoms. The van der Waals surface area contributed by atoms with Crippen LogP contribution in [0.2, 0.25) is 0 Å². The minimum atomic E-state index is -0.629. The monoisotopic (exact) mass is 494 g/mol. The molecule has 2 aromatic heterocycles. The van der Waals surface area contributed by atoms with Crippen LogP contribution >= 0.6 is 11.8 Å². The fourth-order valence-corrected chi connectivity index (χ4v) is 5.03. The maximum atomic E-state index is 13.5. The Bertz CT molecular complexity index is 1430. The second-order valence-electron chi connectivity index (χ2n) is 8.25. The number of nitrogens with zero attached hydrogens (tertiary/aromatic N) is 5. The van der Waals surface area contributed by atoms with Gasteiger partial charge >= 0.3 is 0 Å². The summed E-state index contributed by atoms with van der Waals surface area (Å²) >= 11 is 1.35. The van der Waals surface area contributed by atoms with Crippen molar-refractivity contribution in [3.05, 3.63) is 70.5 Å². The molecule has 1 saturated heterocycles. The number of nitrogens with two attached hydrogens (primary N) is 1. The van der Waals surface area contributed by atoms with Crippen LogP contribution in [-0.4, -0.2) is 42.9 Å². The number of aromatic nitrogens is 5. The highest BCUT2D eigenvalue weighted by Crippen LogP contribution is 2.28. The second kappa shape index (κ2) is 9.96. The van der Waals surface area contributed by atoms with Crippen LogP contribution in [0.4, 0.5) is 4.39 Å².